The predicted octanol–water partition coefficient (Wildman–Crippen LogP) is 3.79. The first-order chi connectivity index (χ1) is 8.28. The van der Waals surface area contributed by atoms with Crippen molar-refractivity contribution >= 4 is 17.7 Å². The molecule has 0 aromatic carbocycles. The van der Waals surface area contributed by atoms with E-state index >= 15 is 0 Å². The van der Waals surface area contributed by atoms with Crippen LogP contribution < -0.4 is 0 Å². The molecule has 0 aromatic heterocycles. The molecule has 1 aliphatic carbocycles. The normalized spacial score (nSPS) is 36.4. The third kappa shape index (κ3) is 2.93. The van der Waals surface area contributed by atoms with Crippen LogP contribution in [0.5, 0.6) is 0 Å². The topological polar surface area (TPSA) is 29.5 Å². The number of fused-ring (bicyclic) bond motifs is 1. The number of hydrogen-bond donors (Lipinski definition) is 0. The summed E-state index contributed by atoms with van der Waals surface area (Å²) in [5.74, 6) is 0.613. The third-order valence-corrected chi connectivity index (χ3v) is 4.37. The molecule has 2 aliphatic rings. The molecule has 104 valence electrons. The fraction of sp³-hybridized carbons (Fsp3) is 0.929. The van der Waals surface area contributed by atoms with Gasteiger partial charge >= 0.3 is 6.09 Å². The smallest absolute Gasteiger partial charge is 0.410 e. The van der Waals surface area contributed by atoms with Crippen LogP contribution >= 0.6 is 11.6 Å². The minimum Gasteiger partial charge on any atom is -0.444 e. The molecule has 2 rings (SSSR count). The number of carbonyl (C=O) groups excluding carboxylic acids is 1. The van der Waals surface area contributed by atoms with E-state index in [-0.39, 0.29) is 23.6 Å². The van der Waals surface area contributed by atoms with E-state index in [4.69, 9.17) is 16.3 Å². The lowest BCUT2D eigenvalue weighted by Gasteiger charge is -2.36. The average Bonchev–Trinajstić information content (AvgIpc) is 2.50. The van der Waals surface area contributed by atoms with Crippen molar-refractivity contribution in [3.63, 3.8) is 0 Å². The Balaban J connectivity index is 2.08. The maximum Gasteiger partial charge on any atom is 0.410 e. The van der Waals surface area contributed by atoms with Gasteiger partial charge in [-0.15, -0.1) is 11.6 Å². The summed E-state index contributed by atoms with van der Waals surface area (Å²) in [5.41, 5.74) is -0.427. The van der Waals surface area contributed by atoms with Gasteiger partial charge in [-0.05, 0) is 59.3 Å². The van der Waals surface area contributed by atoms with Gasteiger partial charge in [0.25, 0.3) is 0 Å². The summed E-state index contributed by atoms with van der Waals surface area (Å²) in [6.45, 7) is 7.85. The Hall–Kier alpha value is -0.440. The summed E-state index contributed by atoms with van der Waals surface area (Å²) in [6, 6.07) is 0.558. The Morgan fingerprint density at radius 3 is 2.56 bits per heavy atom. The Morgan fingerprint density at radius 1 is 1.28 bits per heavy atom. The molecule has 0 bridgehead atoms. The highest BCUT2D eigenvalue weighted by molar-refractivity contribution is 6.20. The van der Waals surface area contributed by atoms with Crippen LogP contribution in [0.15, 0.2) is 0 Å². The van der Waals surface area contributed by atoms with Crippen molar-refractivity contribution in [2.75, 3.05) is 0 Å². The van der Waals surface area contributed by atoms with Gasteiger partial charge in [0, 0.05) is 17.5 Å². The highest BCUT2D eigenvalue weighted by atomic mass is 35.5. The van der Waals surface area contributed by atoms with Crippen molar-refractivity contribution in [1.29, 1.82) is 0 Å². The number of carbonyl (C=O) groups is 1. The first-order valence-electron chi connectivity index (χ1n) is 6.93. The Morgan fingerprint density at radius 2 is 1.94 bits per heavy atom. The molecule has 1 amide bonds. The van der Waals surface area contributed by atoms with Crippen LogP contribution in [-0.4, -0.2) is 34.1 Å². The second kappa shape index (κ2) is 4.92. The first kappa shape index (κ1) is 14.0. The van der Waals surface area contributed by atoms with E-state index in [1.54, 1.807) is 0 Å². The standard InChI is InChI=1S/C14H24ClNO2/c1-9-7-10-5-6-11(15)8-12(10)16(9)13(17)18-14(2,3)4/h9-12H,5-8H2,1-4H3/t9-,10+,11+,12+/m1/s1. The SMILES string of the molecule is C[C@@H]1C[C@@H]2CC[C@H](Cl)C[C@@H]2N1C(=O)OC(C)(C)C. The minimum atomic E-state index is -0.427. The molecular weight excluding hydrogens is 250 g/mol. The van der Waals surface area contributed by atoms with Gasteiger partial charge in [0.05, 0.1) is 0 Å². The van der Waals surface area contributed by atoms with Crippen molar-refractivity contribution in [2.45, 2.75) is 76.4 Å². The molecule has 0 unspecified atom stereocenters. The van der Waals surface area contributed by atoms with E-state index < -0.39 is 5.60 Å². The molecule has 3 nitrogen and oxygen atoms in total. The molecule has 2 fully saturated rings. The molecule has 1 saturated carbocycles. The van der Waals surface area contributed by atoms with Gasteiger partial charge in [0.15, 0.2) is 0 Å². The molecule has 0 aromatic rings. The maximum atomic E-state index is 12.3. The molecule has 18 heavy (non-hydrogen) atoms. The van der Waals surface area contributed by atoms with E-state index in [0.29, 0.717) is 5.92 Å². The van der Waals surface area contributed by atoms with E-state index in [1.807, 2.05) is 25.7 Å². The minimum absolute atomic E-state index is 0.173. The fourth-order valence-corrected chi connectivity index (χ4v) is 3.59. The van der Waals surface area contributed by atoms with Crippen molar-refractivity contribution < 1.29 is 9.53 Å². The quantitative estimate of drug-likeness (QED) is 0.629. The Kier molecular flexibility index (Phi) is 3.82. The number of ether oxygens (including phenoxy) is 1. The van der Waals surface area contributed by atoms with Gasteiger partial charge in [-0.2, -0.15) is 0 Å². The van der Waals surface area contributed by atoms with E-state index in [1.165, 1.54) is 0 Å². The van der Waals surface area contributed by atoms with E-state index in [2.05, 4.69) is 6.92 Å². The number of rotatable bonds is 0. The van der Waals surface area contributed by atoms with E-state index in [9.17, 15) is 4.79 Å². The van der Waals surface area contributed by atoms with E-state index in [0.717, 1.165) is 25.7 Å². The van der Waals surface area contributed by atoms with Crippen molar-refractivity contribution in [1.82, 2.24) is 4.90 Å². The number of halogens is 1. The summed E-state index contributed by atoms with van der Waals surface area (Å²) >= 11 is 6.26. The van der Waals surface area contributed by atoms with Crippen LogP contribution in [0, 0.1) is 5.92 Å². The maximum absolute atomic E-state index is 12.3. The molecule has 4 atom stereocenters. The number of likely N-dealkylation sites (tertiary alicyclic amines) is 1. The van der Waals surface area contributed by atoms with Crippen LogP contribution in [0.2, 0.25) is 0 Å². The van der Waals surface area contributed by atoms with Crippen LogP contribution in [0.3, 0.4) is 0 Å². The third-order valence-electron chi connectivity index (χ3n) is 3.97. The summed E-state index contributed by atoms with van der Waals surface area (Å²) in [4.78, 5) is 14.2. The molecular formula is C14H24ClNO2. The number of amides is 1. The van der Waals surface area contributed by atoms with Gasteiger partial charge in [-0.3, -0.25) is 0 Å². The largest absolute Gasteiger partial charge is 0.444 e. The van der Waals surface area contributed by atoms with Crippen LogP contribution in [0.4, 0.5) is 4.79 Å². The molecule has 0 N–H and O–H groups in total. The summed E-state index contributed by atoms with van der Waals surface area (Å²) < 4.78 is 5.52. The number of alkyl halides is 1. The fourth-order valence-electron chi connectivity index (χ4n) is 3.28. The Labute approximate surface area is 115 Å². The zero-order valence-electron chi connectivity index (χ0n) is 11.8. The van der Waals surface area contributed by atoms with Gasteiger partial charge in [-0.1, -0.05) is 0 Å². The summed E-state index contributed by atoms with van der Waals surface area (Å²) in [6.07, 6.45) is 4.05. The highest BCUT2D eigenvalue weighted by Gasteiger charge is 2.45. The lowest BCUT2D eigenvalue weighted by Crippen LogP contribution is -2.46. The Bertz CT molecular complexity index is 326. The molecule has 1 saturated heterocycles. The van der Waals surface area contributed by atoms with Gasteiger partial charge in [0.1, 0.15) is 5.60 Å². The zero-order valence-corrected chi connectivity index (χ0v) is 12.5. The lowest BCUT2D eigenvalue weighted by molar-refractivity contribution is 0.0120. The van der Waals surface area contributed by atoms with Crippen LogP contribution in [0.25, 0.3) is 0 Å². The molecule has 1 heterocycles. The molecule has 4 heteroatoms. The second-order valence-corrected chi connectivity index (χ2v) is 7.33. The van der Waals surface area contributed by atoms with Crippen molar-refractivity contribution in [2.24, 2.45) is 5.92 Å². The van der Waals surface area contributed by atoms with Crippen LogP contribution in [-0.2, 0) is 4.74 Å². The molecule has 0 spiro atoms. The van der Waals surface area contributed by atoms with Crippen molar-refractivity contribution in [3.8, 4) is 0 Å². The second-order valence-electron chi connectivity index (χ2n) is 6.71. The van der Waals surface area contributed by atoms with Gasteiger partial charge in [0.2, 0.25) is 0 Å². The number of hydrogen-bond acceptors (Lipinski definition) is 2. The summed E-state index contributed by atoms with van der Waals surface area (Å²) in [7, 11) is 0. The predicted molar refractivity (Wildman–Crippen MR) is 72.9 cm³/mol. The monoisotopic (exact) mass is 273 g/mol. The molecule has 0 radical (unpaired) electrons. The summed E-state index contributed by atoms with van der Waals surface area (Å²) in [5, 5.41) is 0.210. The van der Waals surface area contributed by atoms with Gasteiger partial charge < -0.3 is 9.64 Å². The number of nitrogens with zero attached hydrogens (tertiary/aromatic N) is 1. The molecule has 1 aliphatic heterocycles. The van der Waals surface area contributed by atoms with Crippen LogP contribution in [0.1, 0.15) is 53.4 Å². The lowest BCUT2D eigenvalue weighted by atomic mass is 9.84. The van der Waals surface area contributed by atoms with Crippen molar-refractivity contribution in [3.05, 3.63) is 0 Å². The first-order valence-corrected chi connectivity index (χ1v) is 7.37. The highest BCUT2D eigenvalue weighted by Crippen LogP contribution is 2.41. The van der Waals surface area contributed by atoms with Gasteiger partial charge in [-0.25, -0.2) is 4.79 Å². The average molecular weight is 274 g/mol. The zero-order chi connectivity index (χ0) is 13.5.